The predicted octanol–water partition coefficient (Wildman–Crippen LogP) is 3.75. The van der Waals surface area contributed by atoms with E-state index in [0.29, 0.717) is 5.56 Å². The Labute approximate surface area is 163 Å². The summed E-state index contributed by atoms with van der Waals surface area (Å²) < 4.78 is 0. The van der Waals surface area contributed by atoms with Gasteiger partial charge in [0.25, 0.3) is 0 Å². The highest BCUT2D eigenvalue weighted by Gasteiger charge is 2.18. The topological polar surface area (TPSA) is 67.7 Å². The molecular weight excluding hydrogens is 354 g/mol. The quantitative estimate of drug-likeness (QED) is 0.680. The molecule has 0 bridgehead atoms. The lowest BCUT2D eigenvalue weighted by molar-refractivity contribution is 0.585. The maximum Gasteiger partial charge on any atom is 0.124 e. The molecule has 0 unspecified atom stereocenters. The van der Waals surface area contributed by atoms with Crippen LogP contribution in [-0.4, -0.2) is 42.4 Å². The molecule has 6 heteroatoms. The van der Waals surface area contributed by atoms with E-state index in [4.69, 9.17) is 0 Å². The van der Waals surface area contributed by atoms with Crippen molar-refractivity contribution in [1.29, 1.82) is 5.26 Å². The fourth-order valence-corrected chi connectivity index (χ4v) is 3.75. The van der Waals surface area contributed by atoms with Crippen molar-refractivity contribution >= 4 is 17.6 Å². The second kappa shape index (κ2) is 7.87. The lowest BCUT2D eigenvalue weighted by Gasteiger charge is -2.28. The summed E-state index contributed by atoms with van der Waals surface area (Å²) in [5.41, 5.74) is 4.69. The van der Waals surface area contributed by atoms with E-state index in [-0.39, 0.29) is 0 Å². The molecule has 0 radical (unpaired) electrons. The minimum atomic E-state index is 0.689. The van der Waals surface area contributed by atoms with Crippen LogP contribution in [0.2, 0.25) is 0 Å². The van der Waals surface area contributed by atoms with Gasteiger partial charge in [0.1, 0.15) is 11.9 Å². The van der Waals surface area contributed by atoms with Gasteiger partial charge in [-0.2, -0.15) is 5.26 Å². The van der Waals surface area contributed by atoms with Gasteiger partial charge in [-0.05, 0) is 36.6 Å². The van der Waals surface area contributed by atoms with Crippen LogP contribution in [-0.2, 0) is 0 Å². The van der Waals surface area contributed by atoms with Crippen molar-refractivity contribution < 1.29 is 0 Å². The Morgan fingerprint density at radius 2 is 1.85 bits per heavy atom. The summed E-state index contributed by atoms with van der Waals surface area (Å²) in [7, 11) is 0. The summed E-state index contributed by atoms with van der Waals surface area (Å²) >= 11 is 1.73. The molecule has 0 aliphatic carbocycles. The molecule has 27 heavy (non-hydrogen) atoms. The molecule has 1 aliphatic heterocycles. The monoisotopic (exact) mass is 375 g/mol. The molecule has 2 N–H and O–H groups in total. The van der Waals surface area contributed by atoms with Crippen molar-refractivity contribution in [3.05, 3.63) is 54.2 Å². The molecule has 0 amide bonds. The van der Waals surface area contributed by atoms with Gasteiger partial charge in [0.15, 0.2) is 0 Å². The molecule has 3 heterocycles. The van der Waals surface area contributed by atoms with Crippen molar-refractivity contribution in [2.24, 2.45) is 0 Å². The second-order valence-electron chi connectivity index (χ2n) is 6.45. The molecule has 4 rings (SSSR count). The van der Waals surface area contributed by atoms with Crippen LogP contribution in [0.15, 0.2) is 53.6 Å². The second-order valence-corrected chi connectivity index (χ2v) is 7.33. The van der Waals surface area contributed by atoms with Crippen LogP contribution in [0.1, 0.15) is 5.56 Å². The highest BCUT2D eigenvalue weighted by atomic mass is 32.2. The maximum absolute atomic E-state index is 9.56. The number of aromatic amines is 1. The largest absolute Gasteiger partial charge is 0.355 e. The van der Waals surface area contributed by atoms with Crippen molar-refractivity contribution in [1.82, 2.24) is 15.3 Å². The first kappa shape index (κ1) is 17.7. The highest BCUT2D eigenvalue weighted by Crippen LogP contribution is 2.30. The highest BCUT2D eigenvalue weighted by molar-refractivity contribution is 7.98. The third-order valence-corrected chi connectivity index (χ3v) is 5.55. The number of aromatic nitrogens is 2. The van der Waals surface area contributed by atoms with Crippen LogP contribution >= 0.6 is 11.8 Å². The third-order valence-electron chi connectivity index (χ3n) is 4.81. The third kappa shape index (κ3) is 3.70. The van der Waals surface area contributed by atoms with Gasteiger partial charge in [0.05, 0.1) is 11.3 Å². The van der Waals surface area contributed by atoms with Crippen molar-refractivity contribution in [3.63, 3.8) is 0 Å². The number of rotatable bonds is 4. The summed E-state index contributed by atoms with van der Waals surface area (Å²) in [4.78, 5) is 11.5. The molecule has 1 saturated heterocycles. The van der Waals surface area contributed by atoms with Gasteiger partial charge in [-0.15, -0.1) is 11.8 Å². The van der Waals surface area contributed by atoms with Crippen molar-refractivity contribution in [2.75, 3.05) is 37.3 Å². The van der Waals surface area contributed by atoms with E-state index >= 15 is 0 Å². The van der Waals surface area contributed by atoms with Crippen LogP contribution < -0.4 is 10.2 Å². The fraction of sp³-hybridized carbons (Fsp3) is 0.238. The lowest BCUT2D eigenvalue weighted by Crippen LogP contribution is -2.44. The van der Waals surface area contributed by atoms with E-state index in [9.17, 15) is 5.26 Å². The molecule has 5 nitrogen and oxygen atoms in total. The molecule has 1 aromatic carbocycles. The summed E-state index contributed by atoms with van der Waals surface area (Å²) in [6, 6.07) is 16.7. The number of pyridine rings is 1. The minimum Gasteiger partial charge on any atom is -0.355 e. The molecule has 3 aromatic rings. The van der Waals surface area contributed by atoms with E-state index in [0.717, 1.165) is 54.5 Å². The molecule has 0 spiro atoms. The van der Waals surface area contributed by atoms with Crippen molar-refractivity contribution in [2.45, 2.75) is 4.90 Å². The number of piperazine rings is 1. The predicted molar refractivity (Wildman–Crippen MR) is 111 cm³/mol. The van der Waals surface area contributed by atoms with Gasteiger partial charge in [-0.25, -0.2) is 0 Å². The lowest BCUT2D eigenvalue weighted by atomic mass is 10.1. The molecule has 136 valence electrons. The summed E-state index contributed by atoms with van der Waals surface area (Å²) in [6.45, 7) is 3.67. The Morgan fingerprint density at radius 1 is 1.07 bits per heavy atom. The smallest absolute Gasteiger partial charge is 0.124 e. The first-order valence-corrected chi connectivity index (χ1v) is 10.2. The molecule has 1 aliphatic rings. The average molecular weight is 376 g/mol. The zero-order chi connectivity index (χ0) is 18.6. The normalized spacial score (nSPS) is 14.1. The number of H-pyrrole nitrogens is 1. The zero-order valence-electron chi connectivity index (χ0n) is 15.2. The van der Waals surface area contributed by atoms with E-state index in [2.05, 4.69) is 62.8 Å². The molecule has 0 atom stereocenters. The van der Waals surface area contributed by atoms with Gasteiger partial charge in [-0.1, -0.05) is 12.1 Å². The van der Waals surface area contributed by atoms with Gasteiger partial charge in [-0.3, -0.25) is 4.98 Å². The van der Waals surface area contributed by atoms with E-state index in [1.165, 1.54) is 4.90 Å². The number of nitrogens with zero attached hydrogens (tertiary/aromatic N) is 3. The molecule has 0 saturated carbocycles. The van der Waals surface area contributed by atoms with Crippen molar-refractivity contribution in [3.8, 4) is 28.6 Å². The average Bonchev–Trinajstić information content (AvgIpc) is 3.19. The van der Waals surface area contributed by atoms with Crippen LogP contribution in [0.4, 0.5) is 5.82 Å². The Kier molecular flexibility index (Phi) is 5.14. The van der Waals surface area contributed by atoms with Crippen LogP contribution in [0, 0.1) is 11.3 Å². The van der Waals surface area contributed by atoms with E-state index in [1.54, 1.807) is 11.8 Å². The number of benzene rings is 1. The standard InChI is InChI=1S/C21H21N5S/c1-27-18-4-2-15(3-5-18)19-12-16(6-7-24-19)20-13-17(14-22)21(25-20)26-10-8-23-9-11-26/h2-7,12-13,23,25H,8-11H2,1H3. The Morgan fingerprint density at radius 3 is 2.56 bits per heavy atom. The maximum atomic E-state index is 9.56. The van der Waals surface area contributed by atoms with E-state index < -0.39 is 0 Å². The fourth-order valence-electron chi connectivity index (χ4n) is 3.34. The number of hydrogen-bond acceptors (Lipinski definition) is 5. The zero-order valence-corrected chi connectivity index (χ0v) is 16.0. The minimum absolute atomic E-state index is 0.689. The van der Waals surface area contributed by atoms with E-state index in [1.807, 2.05) is 18.3 Å². The van der Waals surface area contributed by atoms with Gasteiger partial charge in [0.2, 0.25) is 0 Å². The molecular formula is C21H21N5S. The summed E-state index contributed by atoms with van der Waals surface area (Å²) in [5.74, 6) is 0.914. The summed E-state index contributed by atoms with van der Waals surface area (Å²) in [5, 5.41) is 12.9. The number of anilines is 1. The Bertz CT molecular complexity index is 965. The Hall–Kier alpha value is -2.75. The number of hydrogen-bond donors (Lipinski definition) is 2. The SMILES string of the molecule is CSc1ccc(-c2cc(-c3cc(C#N)c(N4CCNCC4)[nH]3)ccn2)cc1. The first-order valence-electron chi connectivity index (χ1n) is 8.98. The molecule has 1 fully saturated rings. The number of nitrogens with one attached hydrogen (secondary N) is 2. The van der Waals surface area contributed by atoms with Gasteiger partial charge < -0.3 is 15.2 Å². The molecule has 2 aromatic heterocycles. The summed E-state index contributed by atoms with van der Waals surface area (Å²) in [6.07, 6.45) is 3.90. The number of nitriles is 1. The van der Waals surface area contributed by atoms with Crippen LogP contribution in [0.3, 0.4) is 0 Å². The number of thioether (sulfide) groups is 1. The van der Waals surface area contributed by atoms with Crippen LogP contribution in [0.5, 0.6) is 0 Å². The Balaban J connectivity index is 1.67. The first-order chi connectivity index (χ1) is 13.3. The van der Waals surface area contributed by atoms with Gasteiger partial charge in [0, 0.05) is 54.1 Å². The van der Waals surface area contributed by atoms with Gasteiger partial charge >= 0.3 is 0 Å². The van der Waals surface area contributed by atoms with Crippen LogP contribution in [0.25, 0.3) is 22.5 Å².